The van der Waals surface area contributed by atoms with E-state index >= 15 is 0 Å². The van der Waals surface area contributed by atoms with E-state index in [-0.39, 0.29) is 17.0 Å². The molecule has 158 valence electrons. The lowest BCUT2D eigenvalue weighted by Gasteiger charge is -2.37. The quantitative estimate of drug-likeness (QED) is 0.665. The summed E-state index contributed by atoms with van der Waals surface area (Å²) in [7, 11) is 0. The fourth-order valence-corrected chi connectivity index (χ4v) is 4.64. The minimum absolute atomic E-state index is 0.186. The first kappa shape index (κ1) is 19.6. The van der Waals surface area contributed by atoms with Crippen LogP contribution in [0.3, 0.4) is 0 Å². The standard InChI is InChI=1S/C24H25N5O2/c30-23(19-6-7-21-18-12-16(13-25-14-18)15-29(21)24(19)31)27-11-9-22-26-10-8-20(28-22)17-4-2-1-3-5-17/h1-8,10,16,18,25H,9,11-15H2,(H,27,30)/t16-,18+/m0/s1. The highest BCUT2D eigenvalue weighted by atomic mass is 16.2. The Morgan fingerprint density at radius 1 is 1.13 bits per heavy atom. The Morgan fingerprint density at radius 3 is 2.87 bits per heavy atom. The van der Waals surface area contributed by atoms with Crippen LogP contribution in [0, 0.1) is 5.92 Å². The molecule has 1 saturated heterocycles. The smallest absolute Gasteiger partial charge is 0.263 e. The van der Waals surface area contributed by atoms with E-state index in [2.05, 4.69) is 20.6 Å². The molecule has 1 aromatic carbocycles. The fraction of sp³-hybridized carbons (Fsp3) is 0.333. The molecule has 0 saturated carbocycles. The summed E-state index contributed by atoms with van der Waals surface area (Å²) in [5, 5.41) is 6.30. The number of pyridine rings is 1. The topological polar surface area (TPSA) is 88.9 Å². The van der Waals surface area contributed by atoms with Crippen LogP contribution in [0.15, 0.2) is 59.5 Å². The third kappa shape index (κ3) is 4.01. The predicted octanol–water partition coefficient (Wildman–Crippen LogP) is 1.98. The Bertz CT molecular complexity index is 1160. The number of rotatable bonds is 5. The maximum atomic E-state index is 13.0. The molecule has 5 rings (SSSR count). The van der Waals surface area contributed by atoms with Crippen LogP contribution in [0.5, 0.6) is 0 Å². The number of fused-ring (bicyclic) bond motifs is 4. The summed E-state index contributed by atoms with van der Waals surface area (Å²) in [4.78, 5) is 34.6. The largest absolute Gasteiger partial charge is 0.351 e. The number of amides is 1. The van der Waals surface area contributed by atoms with E-state index in [1.807, 2.05) is 42.5 Å². The lowest BCUT2D eigenvalue weighted by Crippen LogP contribution is -2.46. The van der Waals surface area contributed by atoms with Gasteiger partial charge in [0.2, 0.25) is 0 Å². The molecule has 7 heteroatoms. The van der Waals surface area contributed by atoms with Crippen molar-refractivity contribution in [1.82, 2.24) is 25.2 Å². The number of nitrogens with one attached hydrogen (secondary N) is 2. The summed E-state index contributed by atoms with van der Waals surface area (Å²) >= 11 is 0. The first-order chi connectivity index (χ1) is 15.2. The SMILES string of the molecule is O=C(NCCc1nccc(-c2ccccc2)n1)c1ccc2n(c1=O)C[C@@H]1CNC[C@H]2C1. The van der Waals surface area contributed by atoms with Crippen molar-refractivity contribution >= 4 is 5.91 Å². The zero-order valence-corrected chi connectivity index (χ0v) is 17.3. The van der Waals surface area contributed by atoms with Crippen LogP contribution in [-0.4, -0.2) is 40.1 Å². The molecule has 2 aromatic heterocycles. The van der Waals surface area contributed by atoms with E-state index in [0.717, 1.165) is 36.5 Å². The predicted molar refractivity (Wildman–Crippen MR) is 118 cm³/mol. The number of benzene rings is 1. The van der Waals surface area contributed by atoms with E-state index < -0.39 is 0 Å². The highest BCUT2D eigenvalue weighted by Gasteiger charge is 2.31. The summed E-state index contributed by atoms with van der Waals surface area (Å²) in [5.41, 5.74) is 2.93. The third-order valence-electron chi connectivity index (χ3n) is 6.16. The molecule has 0 unspecified atom stereocenters. The summed E-state index contributed by atoms with van der Waals surface area (Å²) in [5.74, 6) is 1.13. The van der Waals surface area contributed by atoms with E-state index in [1.54, 1.807) is 16.8 Å². The fourth-order valence-electron chi connectivity index (χ4n) is 4.64. The van der Waals surface area contributed by atoms with Crippen LogP contribution in [0.2, 0.25) is 0 Å². The molecule has 2 aliphatic rings. The molecule has 2 atom stereocenters. The number of piperidine rings is 1. The van der Waals surface area contributed by atoms with Gasteiger partial charge in [-0.05, 0) is 37.1 Å². The van der Waals surface area contributed by atoms with Crippen molar-refractivity contribution in [3.05, 3.63) is 82.2 Å². The molecule has 4 heterocycles. The van der Waals surface area contributed by atoms with Crippen molar-refractivity contribution in [2.45, 2.75) is 25.3 Å². The van der Waals surface area contributed by atoms with Gasteiger partial charge >= 0.3 is 0 Å². The maximum Gasteiger partial charge on any atom is 0.263 e. The van der Waals surface area contributed by atoms with Crippen molar-refractivity contribution in [2.75, 3.05) is 19.6 Å². The van der Waals surface area contributed by atoms with E-state index in [0.29, 0.717) is 37.2 Å². The molecule has 2 bridgehead atoms. The molecule has 2 aliphatic heterocycles. The second-order valence-corrected chi connectivity index (χ2v) is 8.27. The minimum atomic E-state index is -0.339. The second-order valence-electron chi connectivity index (χ2n) is 8.27. The first-order valence-corrected chi connectivity index (χ1v) is 10.8. The van der Waals surface area contributed by atoms with Crippen LogP contribution in [-0.2, 0) is 13.0 Å². The monoisotopic (exact) mass is 415 g/mol. The van der Waals surface area contributed by atoms with Gasteiger partial charge in [0, 0.05) is 49.4 Å². The van der Waals surface area contributed by atoms with E-state index in [1.165, 1.54) is 0 Å². The van der Waals surface area contributed by atoms with Gasteiger partial charge in [0.05, 0.1) is 5.69 Å². The van der Waals surface area contributed by atoms with Gasteiger partial charge < -0.3 is 15.2 Å². The van der Waals surface area contributed by atoms with Crippen molar-refractivity contribution in [1.29, 1.82) is 0 Å². The Kier molecular flexibility index (Phi) is 5.34. The molecular formula is C24H25N5O2. The number of carbonyl (C=O) groups excluding carboxylic acids is 1. The number of nitrogens with zero attached hydrogens (tertiary/aromatic N) is 3. The van der Waals surface area contributed by atoms with Crippen LogP contribution in [0.4, 0.5) is 0 Å². The van der Waals surface area contributed by atoms with Crippen molar-refractivity contribution < 1.29 is 4.79 Å². The van der Waals surface area contributed by atoms with Gasteiger partial charge in [-0.3, -0.25) is 9.59 Å². The van der Waals surface area contributed by atoms with Crippen LogP contribution < -0.4 is 16.2 Å². The zero-order chi connectivity index (χ0) is 21.2. The maximum absolute atomic E-state index is 13.0. The van der Waals surface area contributed by atoms with Gasteiger partial charge in [-0.1, -0.05) is 30.3 Å². The number of hydrogen-bond acceptors (Lipinski definition) is 5. The number of carbonyl (C=O) groups is 1. The average Bonchev–Trinajstić information content (AvgIpc) is 2.81. The zero-order valence-electron chi connectivity index (χ0n) is 17.3. The Hall–Kier alpha value is -3.32. The Balaban J connectivity index is 1.26. The third-order valence-corrected chi connectivity index (χ3v) is 6.16. The molecule has 3 aromatic rings. The second kappa shape index (κ2) is 8.43. The first-order valence-electron chi connectivity index (χ1n) is 10.8. The highest BCUT2D eigenvalue weighted by Crippen LogP contribution is 2.31. The Labute approximate surface area is 180 Å². The summed E-state index contributed by atoms with van der Waals surface area (Å²) in [6.45, 7) is 2.87. The molecule has 2 N–H and O–H groups in total. The van der Waals surface area contributed by atoms with Gasteiger partial charge in [0.25, 0.3) is 11.5 Å². The van der Waals surface area contributed by atoms with E-state index in [4.69, 9.17) is 0 Å². The normalized spacial score (nSPS) is 19.5. The minimum Gasteiger partial charge on any atom is -0.351 e. The lowest BCUT2D eigenvalue weighted by molar-refractivity contribution is 0.0951. The van der Waals surface area contributed by atoms with Crippen LogP contribution >= 0.6 is 0 Å². The molecular weight excluding hydrogens is 390 g/mol. The summed E-state index contributed by atoms with van der Waals surface area (Å²) in [6, 6.07) is 15.4. The van der Waals surface area contributed by atoms with Crippen LogP contribution in [0.25, 0.3) is 11.3 Å². The molecule has 7 nitrogen and oxygen atoms in total. The molecule has 0 radical (unpaired) electrons. The molecule has 31 heavy (non-hydrogen) atoms. The van der Waals surface area contributed by atoms with Gasteiger partial charge in [-0.15, -0.1) is 0 Å². The number of hydrogen-bond donors (Lipinski definition) is 2. The molecule has 1 fully saturated rings. The van der Waals surface area contributed by atoms with Crippen molar-refractivity contribution in [3.63, 3.8) is 0 Å². The lowest BCUT2D eigenvalue weighted by atomic mass is 9.84. The van der Waals surface area contributed by atoms with Gasteiger partial charge in [-0.25, -0.2) is 9.97 Å². The Morgan fingerprint density at radius 2 is 2.00 bits per heavy atom. The summed E-state index contributed by atoms with van der Waals surface area (Å²) in [6.07, 6.45) is 3.34. The average molecular weight is 415 g/mol. The van der Waals surface area contributed by atoms with Gasteiger partial charge in [-0.2, -0.15) is 0 Å². The summed E-state index contributed by atoms with van der Waals surface area (Å²) < 4.78 is 1.81. The molecule has 1 amide bonds. The molecule has 0 spiro atoms. The van der Waals surface area contributed by atoms with Gasteiger partial charge in [0.1, 0.15) is 11.4 Å². The highest BCUT2D eigenvalue weighted by molar-refractivity contribution is 5.93. The van der Waals surface area contributed by atoms with Crippen molar-refractivity contribution in [2.24, 2.45) is 5.92 Å². The number of aromatic nitrogens is 3. The van der Waals surface area contributed by atoms with Crippen molar-refractivity contribution in [3.8, 4) is 11.3 Å². The van der Waals surface area contributed by atoms with E-state index in [9.17, 15) is 9.59 Å². The molecule has 0 aliphatic carbocycles. The van der Waals surface area contributed by atoms with Gasteiger partial charge in [0.15, 0.2) is 0 Å². The van der Waals surface area contributed by atoms with Crippen LogP contribution in [0.1, 0.15) is 34.2 Å².